The highest BCUT2D eigenvalue weighted by Gasteiger charge is 2.53. The zero-order chi connectivity index (χ0) is 20.1. The van der Waals surface area contributed by atoms with E-state index in [2.05, 4.69) is 17.0 Å². The van der Waals surface area contributed by atoms with E-state index in [0.29, 0.717) is 12.1 Å². The number of carbonyl (C=O) groups excluding carboxylic acids is 1. The fraction of sp³-hybridized carbons (Fsp3) is 0.682. The normalized spacial score (nSPS) is 32.3. The Kier molecular flexibility index (Phi) is 5.07. The lowest BCUT2D eigenvalue weighted by atomic mass is 9.48. The lowest BCUT2D eigenvalue weighted by Crippen LogP contribution is -2.55. The molecule has 1 aromatic rings. The van der Waals surface area contributed by atoms with Gasteiger partial charge in [0, 0.05) is 18.2 Å². The van der Waals surface area contributed by atoms with Gasteiger partial charge in [-0.2, -0.15) is 0 Å². The summed E-state index contributed by atoms with van der Waals surface area (Å²) in [6, 6.07) is 4.90. The van der Waals surface area contributed by atoms with E-state index in [9.17, 15) is 13.2 Å². The van der Waals surface area contributed by atoms with Crippen molar-refractivity contribution in [3.05, 3.63) is 29.3 Å². The predicted octanol–water partition coefficient (Wildman–Crippen LogP) is 3.63. The van der Waals surface area contributed by atoms with E-state index in [-0.39, 0.29) is 22.3 Å². The van der Waals surface area contributed by atoms with Gasteiger partial charge in [0.1, 0.15) is 0 Å². The topological polar surface area (TPSA) is 75.3 Å². The third-order valence-electron chi connectivity index (χ3n) is 7.45. The zero-order valence-electron chi connectivity index (χ0n) is 17.1. The van der Waals surface area contributed by atoms with Crippen LogP contribution in [0.1, 0.15) is 68.3 Å². The summed E-state index contributed by atoms with van der Waals surface area (Å²) in [5, 5.41) is 3.25. The molecule has 1 unspecified atom stereocenters. The van der Waals surface area contributed by atoms with Crippen LogP contribution in [0.15, 0.2) is 23.1 Å². The number of benzene rings is 1. The van der Waals surface area contributed by atoms with E-state index in [1.54, 1.807) is 19.1 Å². The summed E-state index contributed by atoms with van der Waals surface area (Å²) in [7, 11) is -3.58. The maximum Gasteiger partial charge on any atom is 0.251 e. The molecule has 0 aromatic heterocycles. The van der Waals surface area contributed by atoms with E-state index in [0.717, 1.165) is 23.3 Å². The summed E-state index contributed by atoms with van der Waals surface area (Å²) in [4.78, 5) is 13.2. The second-order valence-electron chi connectivity index (χ2n) is 9.45. The summed E-state index contributed by atoms with van der Waals surface area (Å²) >= 11 is 0. The number of sulfonamides is 1. The molecule has 0 radical (unpaired) electrons. The van der Waals surface area contributed by atoms with Crippen molar-refractivity contribution in [3.8, 4) is 0 Å². The monoisotopic (exact) mass is 404 g/mol. The second-order valence-corrected chi connectivity index (χ2v) is 11.2. The standard InChI is InChI=1S/C22H32N2O3S/c1-4-23-28(26,27)19-6-5-14(2)20(10-19)21(25)24-15(3)22-11-16-7-17(12-22)9-18(8-16)13-22/h5-6,10,15-18,23H,4,7-9,11-13H2,1-3H3,(H,24,25). The average Bonchev–Trinajstić information content (AvgIpc) is 2.60. The molecule has 1 aromatic carbocycles. The van der Waals surface area contributed by atoms with Crippen LogP contribution >= 0.6 is 0 Å². The fourth-order valence-electron chi connectivity index (χ4n) is 6.42. The van der Waals surface area contributed by atoms with Crippen molar-refractivity contribution in [1.29, 1.82) is 0 Å². The number of hydrogen-bond donors (Lipinski definition) is 2. The fourth-order valence-corrected chi connectivity index (χ4v) is 7.49. The molecule has 4 fully saturated rings. The third-order valence-corrected chi connectivity index (χ3v) is 8.99. The second kappa shape index (κ2) is 7.13. The van der Waals surface area contributed by atoms with Gasteiger partial charge in [-0.15, -0.1) is 0 Å². The van der Waals surface area contributed by atoms with Gasteiger partial charge in [-0.25, -0.2) is 13.1 Å². The maximum absolute atomic E-state index is 13.1. The Morgan fingerprint density at radius 1 is 1.14 bits per heavy atom. The first-order valence-electron chi connectivity index (χ1n) is 10.6. The Balaban J connectivity index is 1.54. The minimum atomic E-state index is -3.58. The van der Waals surface area contributed by atoms with Crippen LogP contribution in [0.2, 0.25) is 0 Å². The minimum absolute atomic E-state index is 0.113. The van der Waals surface area contributed by atoms with Crippen molar-refractivity contribution in [2.45, 2.75) is 70.2 Å². The zero-order valence-corrected chi connectivity index (χ0v) is 17.9. The van der Waals surface area contributed by atoms with Crippen LogP contribution in [-0.2, 0) is 10.0 Å². The van der Waals surface area contributed by atoms with Crippen molar-refractivity contribution in [2.75, 3.05) is 6.54 Å². The first-order chi connectivity index (χ1) is 13.2. The van der Waals surface area contributed by atoms with Crippen LogP contribution in [0.4, 0.5) is 0 Å². The summed E-state index contributed by atoms with van der Waals surface area (Å²) in [6.07, 6.45) is 7.83. The lowest BCUT2D eigenvalue weighted by Gasteiger charge is -2.59. The van der Waals surface area contributed by atoms with Crippen LogP contribution in [0.3, 0.4) is 0 Å². The Hall–Kier alpha value is -1.40. The molecule has 5 nitrogen and oxygen atoms in total. The van der Waals surface area contributed by atoms with E-state index in [1.165, 1.54) is 44.6 Å². The molecule has 154 valence electrons. The number of carbonyl (C=O) groups is 1. The van der Waals surface area contributed by atoms with Gasteiger partial charge in [0.05, 0.1) is 4.90 Å². The van der Waals surface area contributed by atoms with Crippen LogP contribution in [0, 0.1) is 30.1 Å². The van der Waals surface area contributed by atoms with Gasteiger partial charge < -0.3 is 5.32 Å². The molecule has 0 spiro atoms. The van der Waals surface area contributed by atoms with Gasteiger partial charge in [-0.1, -0.05) is 13.0 Å². The Morgan fingerprint density at radius 2 is 1.71 bits per heavy atom. The van der Waals surface area contributed by atoms with E-state index in [1.807, 2.05) is 6.92 Å². The van der Waals surface area contributed by atoms with Crippen LogP contribution < -0.4 is 10.0 Å². The molecule has 4 aliphatic carbocycles. The van der Waals surface area contributed by atoms with Crippen LogP contribution in [0.5, 0.6) is 0 Å². The highest BCUT2D eigenvalue weighted by Crippen LogP contribution is 2.61. The van der Waals surface area contributed by atoms with Crippen LogP contribution in [0.25, 0.3) is 0 Å². The maximum atomic E-state index is 13.1. The molecular formula is C22H32N2O3S. The molecule has 6 heteroatoms. The molecule has 0 heterocycles. The average molecular weight is 405 g/mol. The number of nitrogens with one attached hydrogen (secondary N) is 2. The van der Waals surface area contributed by atoms with Crippen molar-refractivity contribution in [1.82, 2.24) is 10.0 Å². The molecule has 0 saturated heterocycles. The molecule has 4 aliphatic rings. The molecular weight excluding hydrogens is 372 g/mol. The molecule has 1 amide bonds. The quantitative estimate of drug-likeness (QED) is 0.760. The van der Waals surface area contributed by atoms with E-state index in [4.69, 9.17) is 0 Å². The highest BCUT2D eigenvalue weighted by atomic mass is 32.2. The van der Waals surface area contributed by atoms with Gasteiger partial charge in [-0.05, 0) is 93.2 Å². The number of aryl methyl sites for hydroxylation is 1. The Labute approximate surface area is 168 Å². The van der Waals surface area contributed by atoms with Crippen molar-refractivity contribution in [2.24, 2.45) is 23.2 Å². The molecule has 0 aliphatic heterocycles. The van der Waals surface area contributed by atoms with Crippen LogP contribution in [-0.4, -0.2) is 26.9 Å². The van der Waals surface area contributed by atoms with Gasteiger partial charge in [0.2, 0.25) is 10.0 Å². The third kappa shape index (κ3) is 3.50. The first kappa shape index (κ1) is 19.9. The minimum Gasteiger partial charge on any atom is -0.349 e. The molecule has 28 heavy (non-hydrogen) atoms. The van der Waals surface area contributed by atoms with Gasteiger partial charge in [0.15, 0.2) is 0 Å². The van der Waals surface area contributed by atoms with E-state index >= 15 is 0 Å². The first-order valence-corrected chi connectivity index (χ1v) is 12.1. The van der Waals surface area contributed by atoms with Crippen molar-refractivity contribution in [3.63, 3.8) is 0 Å². The number of hydrogen-bond acceptors (Lipinski definition) is 3. The number of rotatable bonds is 6. The number of amides is 1. The van der Waals surface area contributed by atoms with E-state index < -0.39 is 10.0 Å². The Bertz CT molecular complexity index is 842. The van der Waals surface area contributed by atoms with Crippen molar-refractivity contribution < 1.29 is 13.2 Å². The summed E-state index contributed by atoms with van der Waals surface area (Å²) in [6.45, 7) is 6.07. The van der Waals surface area contributed by atoms with Gasteiger partial charge >= 0.3 is 0 Å². The molecule has 5 rings (SSSR count). The Morgan fingerprint density at radius 3 is 2.25 bits per heavy atom. The SMILES string of the molecule is CCNS(=O)(=O)c1ccc(C)c(C(=O)NC(C)C23CC4CC(CC(C4)C2)C3)c1. The highest BCUT2D eigenvalue weighted by molar-refractivity contribution is 7.89. The van der Waals surface area contributed by atoms with Crippen molar-refractivity contribution >= 4 is 15.9 Å². The molecule has 1 atom stereocenters. The van der Waals surface area contributed by atoms with Gasteiger partial charge in [0.25, 0.3) is 5.91 Å². The predicted molar refractivity (Wildman–Crippen MR) is 110 cm³/mol. The summed E-state index contributed by atoms with van der Waals surface area (Å²) < 4.78 is 27.1. The smallest absolute Gasteiger partial charge is 0.251 e. The van der Waals surface area contributed by atoms with Gasteiger partial charge in [-0.3, -0.25) is 4.79 Å². The molecule has 4 saturated carbocycles. The lowest BCUT2D eigenvalue weighted by molar-refractivity contribution is -0.0688. The molecule has 4 bridgehead atoms. The summed E-state index contributed by atoms with van der Waals surface area (Å²) in [5.41, 5.74) is 1.48. The summed E-state index contributed by atoms with van der Waals surface area (Å²) in [5.74, 6) is 2.34. The largest absolute Gasteiger partial charge is 0.349 e. The molecule has 2 N–H and O–H groups in total.